The molecule has 6 nitrogen and oxygen atoms in total. The van der Waals surface area contributed by atoms with Gasteiger partial charge in [0.1, 0.15) is 0 Å². The molecule has 7 N–H and O–H groups in total. The third-order valence-corrected chi connectivity index (χ3v) is 4.99. The van der Waals surface area contributed by atoms with E-state index in [1.165, 1.54) is 70.6 Å². The maximum absolute atomic E-state index is 10.3. The number of carboxylic acid groups (broad SMARTS) is 1. The monoisotopic (exact) mass is 428 g/mol. The summed E-state index contributed by atoms with van der Waals surface area (Å²) in [4.78, 5) is 12.5. The Morgan fingerprint density at radius 3 is 1.50 bits per heavy atom. The number of rotatable bonds is 21. The Morgan fingerprint density at radius 1 is 0.700 bits per heavy atom. The van der Waals surface area contributed by atoms with Gasteiger partial charge in [0.25, 0.3) is 0 Å². The van der Waals surface area contributed by atoms with Crippen molar-refractivity contribution in [3.8, 4) is 0 Å². The second-order valence-corrected chi connectivity index (χ2v) is 7.94. The number of aliphatic carboxylic acids is 1. The minimum absolute atomic E-state index is 0.332. The molecule has 0 aliphatic rings. The molecule has 6 heteroatoms. The minimum Gasteiger partial charge on any atom is -0.481 e. The van der Waals surface area contributed by atoms with Gasteiger partial charge in [-0.15, -0.1) is 0 Å². The van der Waals surface area contributed by atoms with Crippen molar-refractivity contribution in [1.29, 1.82) is 0 Å². The third-order valence-electron chi connectivity index (χ3n) is 4.99. The number of nitrogens with two attached hydrogens (primary N) is 3. The molecule has 180 valence electrons. The Bertz CT molecular complexity index is 351. The molecule has 0 rings (SSSR count). The largest absolute Gasteiger partial charge is 0.481 e. The molecule has 0 aromatic heterocycles. The van der Waals surface area contributed by atoms with Crippen LogP contribution in [0, 0.1) is 0 Å². The molecule has 0 atom stereocenters. The molecule has 0 fully saturated rings. The molecule has 0 spiro atoms. The molecule has 0 aliphatic heterocycles. The summed E-state index contributed by atoms with van der Waals surface area (Å²) in [6.45, 7) is 6.99. The first kappa shape index (κ1) is 31.2. The van der Waals surface area contributed by atoms with Gasteiger partial charge in [0, 0.05) is 45.7 Å². The number of nitrogens with zero attached hydrogens (tertiary/aromatic N) is 1. The van der Waals surface area contributed by atoms with Crippen LogP contribution in [0.1, 0.15) is 96.8 Å². The predicted octanol–water partition coefficient (Wildman–Crippen LogP) is 4.27. The number of unbranched alkanes of at least 4 members (excludes halogenated alkanes) is 11. The first-order chi connectivity index (χ1) is 14.6. The zero-order chi connectivity index (χ0) is 22.7. The van der Waals surface area contributed by atoms with Gasteiger partial charge in [0.15, 0.2) is 0 Å². The Hall–Kier alpha value is -0.950. The fourth-order valence-corrected chi connectivity index (χ4v) is 3.23. The predicted molar refractivity (Wildman–Crippen MR) is 131 cm³/mol. The van der Waals surface area contributed by atoms with Crippen LogP contribution in [0.5, 0.6) is 0 Å². The van der Waals surface area contributed by atoms with Crippen LogP contribution in [0.4, 0.5) is 0 Å². The van der Waals surface area contributed by atoms with Gasteiger partial charge in [0.2, 0.25) is 0 Å². The summed E-state index contributed by atoms with van der Waals surface area (Å²) in [6, 6.07) is 0. The molecule has 0 unspecified atom stereocenters. The van der Waals surface area contributed by atoms with E-state index in [0.29, 0.717) is 26.1 Å². The van der Waals surface area contributed by atoms with Crippen molar-refractivity contribution in [2.75, 3.05) is 39.3 Å². The lowest BCUT2D eigenvalue weighted by Crippen LogP contribution is -2.37. The van der Waals surface area contributed by atoms with Gasteiger partial charge >= 0.3 is 5.97 Å². The number of carbonyl (C=O) groups is 1. The topological polar surface area (TPSA) is 119 Å². The fraction of sp³-hybridized carbons (Fsp3) is 0.875. The van der Waals surface area contributed by atoms with Crippen molar-refractivity contribution in [2.24, 2.45) is 17.2 Å². The normalized spacial score (nSPS) is 11.1. The Morgan fingerprint density at radius 2 is 1.10 bits per heavy atom. The van der Waals surface area contributed by atoms with Crippen LogP contribution in [0.3, 0.4) is 0 Å². The lowest BCUT2D eigenvalue weighted by atomic mass is 10.1. The van der Waals surface area contributed by atoms with Crippen molar-refractivity contribution in [1.82, 2.24) is 4.90 Å². The van der Waals surface area contributed by atoms with Gasteiger partial charge in [-0.1, -0.05) is 70.4 Å². The highest BCUT2D eigenvalue weighted by Crippen LogP contribution is 2.09. The standard InChI is InChI=1S/C18H34O2.C6H18N4/c1-2-3-4-5-6-7-8-9-10-11-12-13-14-15-16-17-18(19)20;7-1-4-10(5-2-8)6-3-9/h9-10H,2-8,11-17H2,1H3,(H,19,20);1-9H2. The van der Waals surface area contributed by atoms with Crippen molar-refractivity contribution in [2.45, 2.75) is 96.8 Å². The molecule has 0 saturated carbocycles. The summed E-state index contributed by atoms with van der Waals surface area (Å²) in [7, 11) is 0. The highest BCUT2D eigenvalue weighted by atomic mass is 16.4. The van der Waals surface area contributed by atoms with Crippen molar-refractivity contribution in [3.63, 3.8) is 0 Å². The van der Waals surface area contributed by atoms with Gasteiger partial charge in [-0.05, 0) is 32.1 Å². The van der Waals surface area contributed by atoms with Gasteiger partial charge in [-0.2, -0.15) is 0 Å². The Kier molecular flexibility index (Phi) is 29.2. The van der Waals surface area contributed by atoms with E-state index >= 15 is 0 Å². The molecule has 0 aromatic carbocycles. The zero-order valence-corrected chi connectivity index (χ0v) is 19.8. The Labute approximate surface area is 186 Å². The van der Waals surface area contributed by atoms with E-state index in [0.717, 1.165) is 32.5 Å². The lowest BCUT2D eigenvalue weighted by Gasteiger charge is -2.18. The number of hydrogen-bond acceptors (Lipinski definition) is 5. The fourth-order valence-electron chi connectivity index (χ4n) is 3.23. The van der Waals surface area contributed by atoms with E-state index in [2.05, 4.69) is 24.0 Å². The first-order valence-corrected chi connectivity index (χ1v) is 12.3. The van der Waals surface area contributed by atoms with Crippen LogP contribution >= 0.6 is 0 Å². The van der Waals surface area contributed by atoms with Gasteiger partial charge < -0.3 is 22.3 Å². The summed E-state index contributed by atoms with van der Waals surface area (Å²) in [5.74, 6) is -0.664. The summed E-state index contributed by atoms with van der Waals surface area (Å²) < 4.78 is 0. The average molecular weight is 429 g/mol. The quantitative estimate of drug-likeness (QED) is 0.160. The summed E-state index contributed by atoms with van der Waals surface area (Å²) >= 11 is 0. The first-order valence-electron chi connectivity index (χ1n) is 12.3. The van der Waals surface area contributed by atoms with Crippen molar-refractivity contribution < 1.29 is 9.90 Å². The minimum atomic E-state index is -0.664. The van der Waals surface area contributed by atoms with Gasteiger partial charge in [-0.3, -0.25) is 9.69 Å². The summed E-state index contributed by atoms with van der Waals surface area (Å²) in [6.07, 6.45) is 21.2. The highest BCUT2D eigenvalue weighted by Gasteiger charge is 1.99. The molecule has 0 heterocycles. The SMILES string of the molecule is CCCCCCCCC=CCCCCCCCC(=O)O.NCCN(CCN)CCN. The molecule has 0 aromatic rings. The molecular formula is C24H52N4O2. The van der Waals surface area contributed by atoms with Crippen LogP contribution in [-0.4, -0.2) is 55.2 Å². The number of carboxylic acids is 1. The van der Waals surface area contributed by atoms with E-state index in [1.54, 1.807) is 0 Å². The van der Waals surface area contributed by atoms with Crippen LogP contribution in [-0.2, 0) is 4.79 Å². The molecule has 0 amide bonds. The van der Waals surface area contributed by atoms with E-state index in [-0.39, 0.29) is 0 Å². The smallest absolute Gasteiger partial charge is 0.303 e. The van der Waals surface area contributed by atoms with E-state index in [1.807, 2.05) is 0 Å². The van der Waals surface area contributed by atoms with E-state index < -0.39 is 5.97 Å². The van der Waals surface area contributed by atoms with Crippen molar-refractivity contribution >= 4 is 5.97 Å². The number of allylic oxidation sites excluding steroid dienone is 2. The summed E-state index contributed by atoms with van der Waals surface area (Å²) in [5, 5.41) is 8.51. The average Bonchev–Trinajstić information content (AvgIpc) is 2.72. The van der Waals surface area contributed by atoms with Crippen LogP contribution in [0.2, 0.25) is 0 Å². The maximum Gasteiger partial charge on any atom is 0.303 e. The summed E-state index contributed by atoms with van der Waals surface area (Å²) in [5.41, 5.74) is 16.1. The number of hydrogen-bond donors (Lipinski definition) is 4. The molecule has 0 radical (unpaired) electrons. The van der Waals surface area contributed by atoms with Gasteiger partial charge in [0.05, 0.1) is 0 Å². The van der Waals surface area contributed by atoms with Crippen molar-refractivity contribution in [3.05, 3.63) is 12.2 Å². The van der Waals surface area contributed by atoms with Crippen LogP contribution < -0.4 is 17.2 Å². The van der Waals surface area contributed by atoms with E-state index in [4.69, 9.17) is 22.3 Å². The third kappa shape index (κ3) is 29.3. The molecule has 0 aliphatic carbocycles. The van der Waals surface area contributed by atoms with Crippen LogP contribution in [0.15, 0.2) is 12.2 Å². The molecule has 0 saturated heterocycles. The highest BCUT2D eigenvalue weighted by molar-refractivity contribution is 5.66. The molecule has 30 heavy (non-hydrogen) atoms. The lowest BCUT2D eigenvalue weighted by molar-refractivity contribution is -0.137. The van der Waals surface area contributed by atoms with Crippen LogP contribution in [0.25, 0.3) is 0 Å². The zero-order valence-electron chi connectivity index (χ0n) is 19.8. The molecular weight excluding hydrogens is 376 g/mol. The second kappa shape index (κ2) is 28.1. The Balaban J connectivity index is 0. The van der Waals surface area contributed by atoms with E-state index in [9.17, 15) is 4.79 Å². The second-order valence-electron chi connectivity index (χ2n) is 7.94. The maximum atomic E-state index is 10.3. The molecule has 0 bridgehead atoms. The van der Waals surface area contributed by atoms with Gasteiger partial charge in [-0.25, -0.2) is 0 Å².